The van der Waals surface area contributed by atoms with Crippen LogP contribution in [0.1, 0.15) is 37.1 Å². The van der Waals surface area contributed by atoms with Crippen LogP contribution in [-0.2, 0) is 20.9 Å². The van der Waals surface area contributed by atoms with Crippen LogP contribution in [0.4, 0.5) is 0 Å². The van der Waals surface area contributed by atoms with Crippen molar-refractivity contribution in [1.82, 2.24) is 14.8 Å². The first kappa shape index (κ1) is 17.4. The molecule has 0 unspecified atom stereocenters. The summed E-state index contributed by atoms with van der Waals surface area (Å²) < 4.78 is 5.14. The van der Waals surface area contributed by atoms with Crippen molar-refractivity contribution in [3.05, 3.63) is 16.6 Å². The average molecular weight is 351 g/mol. The van der Waals surface area contributed by atoms with Gasteiger partial charge in [-0.1, -0.05) is 12.8 Å². The van der Waals surface area contributed by atoms with E-state index in [2.05, 4.69) is 4.98 Å². The Hall–Kier alpha value is -1.47. The highest BCUT2D eigenvalue weighted by Crippen LogP contribution is 2.30. The Morgan fingerprint density at radius 1 is 1.46 bits per heavy atom. The Balaban J connectivity index is 1.64. The number of hydrogen-bond donors (Lipinski definition) is 0. The number of aromatic nitrogens is 1. The molecule has 6 nitrogen and oxygen atoms in total. The van der Waals surface area contributed by atoms with E-state index >= 15 is 0 Å². The van der Waals surface area contributed by atoms with E-state index in [-0.39, 0.29) is 17.7 Å². The smallest absolute Gasteiger partial charge is 0.228 e. The van der Waals surface area contributed by atoms with E-state index in [1.165, 1.54) is 12.8 Å². The summed E-state index contributed by atoms with van der Waals surface area (Å²) in [4.78, 5) is 33.3. The fourth-order valence-electron chi connectivity index (χ4n) is 3.69. The first-order valence-corrected chi connectivity index (χ1v) is 9.52. The van der Waals surface area contributed by atoms with Gasteiger partial charge in [-0.3, -0.25) is 9.59 Å². The van der Waals surface area contributed by atoms with Crippen LogP contribution in [0.2, 0.25) is 0 Å². The lowest BCUT2D eigenvalue weighted by molar-refractivity contribution is -0.137. The molecule has 0 N–H and O–H groups in total. The number of methoxy groups -OCH3 is 1. The highest BCUT2D eigenvalue weighted by atomic mass is 32.1. The van der Waals surface area contributed by atoms with Crippen LogP contribution in [0, 0.1) is 5.92 Å². The van der Waals surface area contributed by atoms with Crippen LogP contribution in [0.15, 0.2) is 11.6 Å². The van der Waals surface area contributed by atoms with Crippen molar-refractivity contribution in [2.45, 2.75) is 44.7 Å². The molecule has 0 spiro atoms. The van der Waals surface area contributed by atoms with Crippen molar-refractivity contribution in [3.8, 4) is 0 Å². The van der Waals surface area contributed by atoms with Crippen molar-refractivity contribution in [1.29, 1.82) is 0 Å². The minimum absolute atomic E-state index is 0.0519. The third-order valence-corrected chi connectivity index (χ3v) is 5.72. The molecule has 0 radical (unpaired) electrons. The summed E-state index contributed by atoms with van der Waals surface area (Å²) in [6.45, 7) is 2.09. The van der Waals surface area contributed by atoms with Gasteiger partial charge < -0.3 is 14.5 Å². The largest absolute Gasteiger partial charge is 0.383 e. The molecule has 1 saturated carbocycles. The minimum Gasteiger partial charge on any atom is -0.383 e. The Morgan fingerprint density at radius 2 is 2.25 bits per heavy atom. The molecule has 1 aliphatic carbocycles. The highest BCUT2D eigenvalue weighted by molar-refractivity contribution is 7.09. The van der Waals surface area contributed by atoms with Crippen LogP contribution >= 0.6 is 11.3 Å². The molecule has 2 fully saturated rings. The van der Waals surface area contributed by atoms with E-state index < -0.39 is 0 Å². The van der Waals surface area contributed by atoms with Crippen LogP contribution in [0.5, 0.6) is 0 Å². The molecule has 24 heavy (non-hydrogen) atoms. The van der Waals surface area contributed by atoms with Gasteiger partial charge in [-0.05, 0) is 12.8 Å². The normalized spacial score (nSPS) is 21.6. The average Bonchev–Trinajstić information content (AvgIpc) is 3.31. The lowest BCUT2D eigenvalue weighted by Gasteiger charge is -2.26. The van der Waals surface area contributed by atoms with Crippen LogP contribution in [-0.4, -0.2) is 59.4 Å². The molecule has 1 aliphatic heterocycles. The monoisotopic (exact) mass is 351 g/mol. The Morgan fingerprint density at radius 3 is 2.92 bits per heavy atom. The van der Waals surface area contributed by atoms with E-state index in [0.29, 0.717) is 38.7 Å². The minimum atomic E-state index is -0.227. The number of ether oxygens (including phenoxy) is 1. The summed E-state index contributed by atoms with van der Waals surface area (Å²) in [5.74, 6) is -0.0350. The van der Waals surface area contributed by atoms with E-state index in [1.807, 2.05) is 10.3 Å². The second-order valence-electron chi connectivity index (χ2n) is 6.56. The molecule has 2 heterocycles. The zero-order chi connectivity index (χ0) is 16.9. The number of rotatable bonds is 7. The van der Waals surface area contributed by atoms with Gasteiger partial charge >= 0.3 is 0 Å². The molecule has 1 atom stereocenters. The SMILES string of the molecule is COCCN(Cc1nccs1)C(=O)[C@@H]1CC(=O)N(C2CCCC2)C1. The maximum Gasteiger partial charge on any atom is 0.228 e. The maximum absolute atomic E-state index is 13.0. The predicted molar refractivity (Wildman–Crippen MR) is 91.5 cm³/mol. The lowest BCUT2D eigenvalue weighted by atomic mass is 10.1. The van der Waals surface area contributed by atoms with E-state index in [0.717, 1.165) is 17.8 Å². The molecule has 0 aromatic carbocycles. The van der Waals surface area contributed by atoms with E-state index in [4.69, 9.17) is 4.74 Å². The Bertz CT molecular complexity index is 557. The van der Waals surface area contributed by atoms with Crippen molar-refractivity contribution in [3.63, 3.8) is 0 Å². The van der Waals surface area contributed by atoms with Gasteiger partial charge in [-0.2, -0.15) is 0 Å². The number of carbonyl (C=O) groups is 2. The molecule has 1 saturated heterocycles. The van der Waals surface area contributed by atoms with Crippen LogP contribution in [0.3, 0.4) is 0 Å². The van der Waals surface area contributed by atoms with Crippen molar-refractivity contribution in [2.75, 3.05) is 26.8 Å². The Labute approximate surface area is 146 Å². The summed E-state index contributed by atoms with van der Waals surface area (Å²) >= 11 is 1.54. The van der Waals surface area contributed by atoms with Gasteiger partial charge in [-0.25, -0.2) is 4.98 Å². The number of amides is 2. The molecule has 2 amide bonds. The zero-order valence-corrected chi connectivity index (χ0v) is 15.0. The second kappa shape index (κ2) is 8.07. The second-order valence-corrected chi connectivity index (χ2v) is 7.54. The number of likely N-dealkylation sites (tertiary alicyclic amines) is 1. The Kier molecular flexibility index (Phi) is 5.84. The summed E-state index contributed by atoms with van der Waals surface area (Å²) in [7, 11) is 1.63. The first-order chi connectivity index (χ1) is 11.7. The fourth-order valence-corrected chi connectivity index (χ4v) is 4.32. The van der Waals surface area contributed by atoms with E-state index in [1.54, 1.807) is 29.5 Å². The topological polar surface area (TPSA) is 62.7 Å². The summed E-state index contributed by atoms with van der Waals surface area (Å²) in [6.07, 6.45) is 6.64. The predicted octanol–water partition coefficient (Wildman–Crippen LogP) is 1.91. The number of thiazole rings is 1. The molecule has 0 bridgehead atoms. The number of carbonyl (C=O) groups excluding carboxylic acids is 2. The van der Waals surface area contributed by atoms with Gasteiger partial charge in [0.1, 0.15) is 5.01 Å². The lowest BCUT2D eigenvalue weighted by Crippen LogP contribution is -2.40. The molecule has 7 heteroatoms. The van der Waals surface area contributed by atoms with E-state index in [9.17, 15) is 9.59 Å². The van der Waals surface area contributed by atoms with Gasteiger partial charge in [0.05, 0.1) is 19.1 Å². The summed E-state index contributed by atoms with van der Waals surface area (Å²) in [5, 5.41) is 2.83. The molecule has 1 aromatic heterocycles. The van der Waals surface area contributed by atoms with Crippen molar-refractivity contribution >= 4 is 23.2 Å². The molecular weight excluding hydrogens is 326 g/mol. The third-order valence-electron chi connectivity index (χ3n) is 4.96. The van der Waals surface area contributed by atoms with Crippen LogP contribution in [0.25, 0.3) is 0 Å². The van der Waals surface area contributed by atoms with Crippen LogP contribution < -0.4 is 0 Å². The standard InChI is InChI=1S/C17H25N3O3S/c1-23-8-7-19(12-15-18-6-9-24-15)17(22)13-10-16(21)20(11-13)14-4-2-3-5-14/h6,9,13-14H,2-5,7-8,10-12H2,1H3/t13-/m1/s1. The van der Waals surface area contributed by atoms with Gasteiger partial charge in [0.15, 0.2) is 0 Å². The molecule has 132 valence electrons. The first-order valence-electron chi connectivity index (χ1n) is 8.64. The van der Waals surface area contributed by atoms with Crippen molar-refractivity contribution in [2.24, 2.45) is 5.92 Å². The number of nitrogens with zero attached hydrogens (tertiary/aromatic N) is 3. The summed E-state index contributed by atoms with van der Waals surface area (Å²) in [5.41, 5.74) is 0. The maximum atomic E-state index is 13.0. The third kappa shape index (κ3) is 3.95. The molecule has 1 aromatic rings. The summed E-state index contributed by atoms with van der Waals surface area (Å²) in [6, 6.07) is 0.349. The molecule has 2 aliphatic rings. The quantitative estimate of drug-likeness (QED) is 0.753. The molecular formula is C17H25N3O3S. The highest BCUT2D eigenvalue weighted by Gasteiger charge is 2.40. The van der Waals surface area contributed by atoms with Crippen molar-refractivity contribution < 1.29 is 14.3 Å². The van der Waals surface area contributed by atoms with Gasteiger partial charge in [-0.15, -0.1) is 11.3 Å². The van der Waals surface area contributed by atoms with Gasteiger partial charge in [0.2, 0.25) is 11.8 Å². The zero-order valence-electron chi connectivity index (χ0n) is 14.1. The molecule has 3 rings (SSSR count). The number of hydrogen-bond acceptors (Lipinski definition) is 5. The van der Waals surface area contributed by atoms with Gasteiger partial charge in [0, 0.05) is 44.2 Å². The fraction of sp³-hybridized carbons (Fsp3) is 0.706. The van der Waals surface area contributed by atoms with Gasteiger partial charge in [0.25, 0.3) is 0 Å².